The molecule has 2 atom stereocenters. The highest BCUT2D eigenvalue weighted by molar-refractivity contribution is 7.11. The van der Waals surface area contributed by atoms with Crippen LogP contribution in [0.2, 0.25) is 0 Å². The van der Waals surface area contributed by atoms with E-state index in [9.17, 15) is 13.2 Å². The number of hydrogen-bond acceptors (Lipinski definition) is 3. The average Bonchev–Trinajstić information content (AvgIpc) is 2.83. The Bertz CT molecular complexity index is 403. The molecule has 1 aliphatic rings. The van der Waals surface area contributed by atoms with Crippen LogP contribution in [-0.4, -0.2) is 17.2 Å². The van der Waals surface area contributed by atoms with Crippen molar-refractivity contribution >= 4 is 11.3 Å². The van der Waals surface area contributed by atoms with E-state index in [1.807, 2.05) is 13.1 Å². The van der Waals surface area contributed by atoms with E-state index in [0.29, 0.717) is 19.4 Å². The molecule has 2 nitrogen and oxygen atoms in total. The van der Waals surface area contributed by atoms with Crippen molar-refractivity contribution in [2.75, 3.05) is 0 Å². The van der Waals surface area contributed by atoms with Crippen LogP contribution in [0.5, 0.6) is 0 Å². The first kappa shape index (κ1) is 14.8. The van der Waals surface area contributed by atoms with Gasteiger partial charge in [0.05, 0.1) is 5.92 Å². The first-order valence-electron chi connectivity index (χ1n) is 6.74. The Morgan fingerprint density at radius 3 is 2.74 bits per heavy atom. The number of aryl methyl sites for hydroxylation is 1. The number of thiazole rings is 1. The molecule has 1 aromatic heterocycles. The second-order valence-electron chi connectivity index (χ2n) is 4.99. The van der Waals surface area contributed by atoms with Gasteiger partial charge in [-0.25, -0.2) is 4.98 Å². The Balaban J connectivity index is 1.92. The van der Waals surface area contributed by atoms with Gasteiger partial charge in [-0.1, -0.05) is 19.8 Å². The Kier molecular flexibility index (Phi) is 4.84. The minimum Gasteiger partial charge on any atom is -0.307 e. The Morgan fingerprint density at radius 1 is 1.37 bits per heavy atom. The van der Waals surface area contributed by atoms with Crippen molar-refractivity contribution in [1.82, 2.24) is 10.3 Å². The molecule has 1 N–H and O–H groups in total. The largest absolute Gasteiger partial charge is 0.393 e. The number of nitrogens with one attached hydrogen (secondary N) is 1. The number of rotatable bonds is 4. The molecule has 0 radical (unpaired) electrons. The molecule has 0 aromatic carbocycles. The lowest BCUT2D eigenvalue weighted by Crippen LogP contribution is -2.45. The highest BCUT2D eigenvalue weighted by Gasteiger charge is 2.45. The van der Waals surface area contributed by atoms with Crippen molar-refractivity contribution in [2.24, 2.45) is 5.92 Å². The van der Waals surface area contributed by atoms with Gasteiger partial charge in [0.25, 0.3) is 0 Å². The van der Waals surface area contributed by atoms with Crippen LogP contribution in [0, 0.1) is 5.92 Å². The fraction of sp³-hybridized carbons (Fsp3) is 0.769. The second kappa shape index (κ2) is 6.22. The zero-order valence-corrected chi connectivity index (χ0v) is 11.8. The van der Waals surface area contributed by atoms with E-state index in [0.717, 1.165) is 17.8 Å². The predicted octanol–water partition coefficient (Wildman–Crippen LogP) is 3.92. The smallest absolute Gasteiger partial charge is 0.307 e. The third-order valence-electron chi connectivity index (χ3n) is 3.65. The summed E-state index contributed by atoms with van der Waals surface area (Å²) in [5.41, 5.74) is 0. The third kappa shape index (κ3) is 3.92. The van der Waals surface area contributed by atoms with E-state index in [1.54, 1.807) is 11.3 Å². The van der Waals surface area contributed by atoms with Gasteiger partial charge in [0.15, 0.2) is 0 Å². The van der Waals surface area contributed by atoms with E-state index < -0.39 is 18.1 Å². The number of halogens is 3. The maximum Gasteiger partial charge on any atom is 0.393 e. The Labute approximate surface area is 115 Å². The molecular formula is C13H19F3N2S. The summed E-state index contributed by atoms with van der Waals surface area (Å²) in [5.74, 6) is -1.20. The molecule has 2 unspecified atom stereocenters. The van der Waals surface area contributed by atoms with Crippen molar-refractivity contribution in [1.29, 1.82) is 0 Å². The van der Waals surface area contributed by atoms with Gasteiger partial charge < -0.3 is 5.32 Å². The van der Waals surface area contributed by atoms with E-state index in [4.69, 9.17) is 0 Å². The molecule has 0 amide bonds. The van der Waals surface area contributed by atoms with E-state index in [1.165, 1.54) is 4.88 Å². The molecular weight excluding hydrogens is 273 g/mol. The molecule has 108 valence electrons. The summed E-state index contributed by atoms with van der Waals surface area (Å²) in [6.45, 7) is 2.49. The van der Waals surface area contributed by atoms with E-state index in [2.05, 4.69) is 10.3 Å². The summed E-state index contributed by atoms with van der Waals surface area (Å²) < 4.78 is 38.8. The fourth-order valence-corrected chi connectivity index (χ4v) is 3.39. The second-order valence-corrected chi connectivity index (χ2v) is 6.19. The quantitative estimate of drug-likeness (QED) is 0.910. The highest BCUT2D eigenvalue weighted by atomic mass is 32.1. The molecule has 0 aliphatic heterocycles. The maximum absolute atomic E-state index is 12.9. The average molecular weight is 292 g/mol. The highest BCUT2D eigenvalue weighted by Crippen LogP contribution is 2.37. The molecule has 0 saturated heterocycles. The van der Waals surface area contributed by atoms with Crippen LogP contribution in [0.25, 0.3) is 0 Å². The van der Waals surface area contributed by atoms with Gasteiger partial charge in [-0.2, -0.15) is 13.2 Å². The van der Waals surface area contributed by atoms with Gasteiger partial charge in [0.2, 0.25) is 0 Å². The molecule has 1 saturated carbocycles. The number of aromatic nitrogens is 1. The van der Waals surface area contributed by atoms with Crippen molar-refractivity contribution < 1.29 is 13.2 Å². The van der Waals surface area contributed by atoms with Crippen LogP contribution in [0.15, 0.2) is 6.20 Å². The molecule has 0 bridgehead atoms. The summed E-state index contributed by atoms with van der Waals surface area (Å²) in [5, 5.41) is 3.94. The molecule has 19 heavy (non-hydrogen) atoms. The van der Waals surface area contributed by atoms with E-state index >= 15 is 0 Å². The normalized spacial score (nSPS) is 24.6. The lowest BCUT2D eigenvalue weighted by atomic mass is 9.84. The standard InChI is InChI=1S/C13H19F3N2S/c1-2-9-7-18-12(19-9)8-17-11-6-4-3-5-10(11)13(14,15)16/h7,10-11,17H,2-6,8H2,1H3. The van der Waals surface area contributed by atoms with Crippen LogP contribution in [-0.2, 0) is 13.0 Å². The van der Waals surface area contributed by atoms with Crippen LogP contribution in [0.1, 0.15) is 42.5 Å². The van der Waals surface area contributed by atoms with Gasteiger partial charge in [-0.15, -0.1) is 11.3 Å². The third-order valence-corrected chi connectivity index (χ3v) is 4.79. The lowest BCUT2D eigenvalue weighted by Gasteiger charge is -2.33. The number of alkyl halides is 3. The maximum atomic E-state index is 12.9. The molecule has 1 heterocycles. The Morgan fingerprint density at radius 2 is 2.11 bits per heavy atom. The zero-order valence-electron chi connectivity index (χ0n) is 11.0. The van der Waals surface area contributed by atoms with Crippen LogP contribution in [0.4, 0.5) is 13.2 Å². The van der Waals surface area contributed by atoms with Crippen LogP contribution < -0.4 is 5.32 Å². The van der Waals surface area contributed by atoms with Gasteiger partial charge in [0.1, 0.15) is 5.01 Å². The predicted molar refractivity (Wildman–Crippen MR) is 70.1 cm³/mol. The summed E-state index contributed by atoms with van der Waals surface area (Å²) in [6, 6.07) is -0.456. The summed E-state index contributed by atoms with van der Waals surface area (Å²) in [4.78, 5) is 5.41. The van der Waals surface area contributed by atoms with Gasteiger partial charge in [0, 0.05) is 23.7 Å². The van der Waals surface area contributed by atoms with Crippen LogP contribution in [0.3, 0.4) is 0 Å². The number of hydrogen-bond donors (Lipinski definition) is 1. The van der Waals surface area contributed by atoms with Crippen molar-refractivity contribution in [2.45, 2.75) is 57.8 Å². The van der Waals surface area contributed by atoms with Gasteiger partial charge in [-0.05, 0) is 19.3 Å². The Hall–Kier alpha value is -0.620. The molecule has 1 fully saturated rings. The SMILES string of the molecule is CCc1cnc(CNC2CCCCC2C(F)(F)F)s1. The van der Waals surface area contributed by atoms with Crippen LogP contribution >= 0.6 is 11.3 Å². The first-order valence-corrected chi connectivity index (χ1v) is 7.56. The van der Waals surface area contributed by atoms with Gasteiger partial charge >= 0.3 is 6.18 Å². The summed E-state index contributed by atoms with van der Waals surface area (Å²) in [7, 11) is 0. The topological polar surface area (TPSA) is 24.9 Å². The zero-order chi connectivity index (χ0) is 13.9. The minimum absolute atomic E-state index is 0.249. The molecule has 0 spiro atoms. The van der Waals surface area contributed by atoms with Crippen molar-refractivity contribution in [3.8, 4) is 0 Å². The van der Waals surface area contributed by atoms with Crippen molar-refractivity contribution in [3.63, 3.8) is 0 Å². The van der Waals surface area contributed by atoms with Crippen molar-refractivity contribution in [3.05, 3.63) is 16.1 Å². The summed E-state index contributed by atoms with van der Waals surface area (Å²) >= 11 is 1.58. The number of nitrogens with zero attached hydrogens (tertiary/aromatic N) is 1. The molecule has 1 aromatic rings. The molecule has 6 heteroatoms. The molecule has 1 aliphatic carbocycles. The molecule has 2 rings (SSSR count). The van der Waals surface area contributed by atoms with E-state index in [-0.39, 0.29) is 6.42 Å². The van der Waals surface area contributed by atoms with Gasteiger partial charge in [-0.3, -0.25) is 0 Å². The lowest BCUT2D eigenvalue weighted by molar-refractivity contribution is -0.189. The monoisotopic (exact) mass is 292 g/mol. The minimum atomic E-state index is -4.09. The summed E-state index contributed by atoms with van der Waals surface area (Å²) in [6.07, 6.45) is 1.06. The fourth-order valence-electron chi connectivity index (χ4n) is 2.58. The first-order chi connectivity index (χ1) is 9.00.